The smallest absolute Gasteiger partial charge is 0.194 e. The molecule has 4 aromatic rings. The minimum absolute atomic E-state index is 0.227. The molecule has 1 atom stereocenters. The summed E-state index contributed by atoms with van der Waals surface area (Å²) in [5.41, 5.74) is 3.44. The lowest BCUT2D eigenvalue weighted by Gasteiger charge is -2.12. The molecule has 0 N–H and O–H groups in total. The van der Waals surface area contributed by atoms with Crippen LogP contribution >= 0.6 is 11.3 Å². The summed E-state index contributed by atoms with van der Waals surface area (Å²) in [5.74, 6) is -1.09. The van der Waals surface area contributed by atoms with Crippen LogP contribution in [0.5, 0.6) is 5.75 Å². The van der Waals surface area contributed by atoms with Gasteiger partial charge in [0.2, 0.25) is 0 Å². The van der Waals surface area contributed by atoms with E-state index >= 15 is 0 Å². The average molecular weight is 443 g/mol. The molecular formula is C26H19FN2O2S. The number of thiazole rings is 1. The van der Waals surface area contributed by atoms with E-state index in [9.17, 15) is 14.4 Å². The highest BCUT2D eigenvalue weighted by atomic mass is 32.1. The third-order valence-electron chi connectivity index (χ3n) is 4.94. The fraction of sp³-hybridized carbons (Fsp3) is 0.115. The number of rotatable bonds is 8. The zero-order valence-corrected chi connectivity index (χ0v) is 17.9. The molecule has 0 unspecified atom stereocenters. The molecule has 0 saturated heterocycles. The number of para-hydroxylation sites is 1. The Morgan fingerprint density at radius 1 is 1.03 bits per heavy atom. The van der Waals surface area contributed by atoms with Gasteiger partial charge in [-0.15, -0.1) is 11.3 Å². The topological polar surface area (TPSA) is 63.0 Å². The molecule has 0 aliphatic rings. The van der Waals surface area contributed by atoms with E-state index in [1.807, 2.05) is 60.7 Å². The number of ketones is 1. The van der Waals surface area contributed by atoms with Gasteiger partial charge in [-0.2, -0.15) is 5.26 Å². The molecule has 1 aromatic heterocycles. The first-order valence-corrected chi connectivity index (χ1v) is 10.9. The molecule has 158 valence electrons. The van der Waals surface area contributed by atoms with Gasteiger partial charge in [0.05, 0.1) is 11.8 Å². The van der Waals surface area contributed by atoms with Gasteiger partial charge in [-0.25, -0.2) is 9.37 Å². The molecule has 4 rings (SSSR count). The number of nitriles is 1. The van der Waals surface area contributed by atoms with E-state index in [4.69, 9.17) is 4.74 Å². The second-order valence-corrected chi connectivity index (χ2v) is 8.05. The maximum Gasteiger partial charge on any atom is 0.194 e. The average Bonchev–Trinajstić information content (AvgIpc) is 3.30. The summed E-state index contributed by atoms with van der Waals surface area (Å²) < 4.78 is 19.0. The summed E-state index contributed by atoms with van der Waals surface area (Å²) in [5, 5.41) is 11.8. The molecule has 3 aromatic carbocycles. The van der Waals surface area contributed by atoms with Crippen LogP contribution in [0.3, 0.4) is 0 Å². The van der Waals surface area contributed by atoms with Crippen LogP contribution in [0.1, 0.15) is 22.1 Å². The molecule has 6 heteroatoms. The molecule has 0 fully saturated rings. The third-order valence-corrected chi connectivity index (χ3v) is 5.85. The van der Waals surface area contributed by atoms with E-state index in [1.54, 1.807) is 17.5 Å². The van der Waals surface area contributed by atoms with Gasteiger partial charge in [0.25, 0.3) is 0 Å². The summed E-state index contributed by atoms with van der Waals surface area (Å²) >= 11 is 1.23. The molecule has 1 heterocycles. The van der Waals surface area contributed by atoms with Crippen LogP contribution < -0.4 is 4.74 Å². The number of halogens is 1. The van der Waals surface area contributed by atoms with Gasteiger partial charge in [-0.1, -0.05) is 48.5 Å². The Balaban J connectivity index is 1.45. The molecule has 0 amide bonds. The number of carbonyl (C=O) groups is 1. The maximum atomic E-state index is 13.2. The van der Waals surface area contributed by atoms with Crippen molar-refractivity contribution in [3.05, 3.63) is 106 Å². The fourth-order valence-corrected chi connectivity index (χ4v) is 4.17. The van der Waals surface area contributed by atoms with Crippen LogP contribution in [0.25, 0.3) is 11.3 Å². The van der Waals surface area contributed by atoms with E-state index in [0.29, 0.717) is 22.9 Å². The molecule has 32 heavy (non-hydrogen) atoms. The summed E-state index contributed by atoms with van der Waals surface area (Å²) in [6, 6.07) is 25.5. The minimum atomic E-state index is -1.02. The molecule has 0 aliphatic heterocycles. The van der Waals surface area contributed by atoms with Crippen molar-refractivity contribution >= 4 is 17.1 Å². The summed E-state index contributed by atoms with van der Waals surface area (Å²) in [6.07, 6.45) is 0.681. The molecular weight excluding hydrogens is 423 g/mol. The van der Waals surface area contributed by atoms with Crippen LogP contribution in [0.4, 0.5) is 4.39 Å². The Bertz CT molecular complexity index is 1250. The number of aromatic nitrogens is 1. The van der Waals surface area contributed by atoms with Crippen molar-refractivity contribution in [1.29, 1.82) is 5.26 Å². The van der Waals surface area contributed by atoms with Crippen LogP contribution in [0.15, 0.2) is 84.2 Å². The highest BCUT2D eigenvalue weighted by Gasteiger charge is 2.24. The zero-order valence-electron chi connectivity index (χ0n) is 17.1. The van der Waals surface area contributed by atoms with Crippen molar-refractivity contribution in [3.8, 4) is 23.1 Å². The van der Waals surface area contributed by atoms with E-state index < -0.39 is 5.92 Å². The Kier molecular flexibility index (Phi) is 6.69. The molecule has 0 radical (unpaired) electrons. The second kappa shape index (κ2) is 9.99. The van der Waals surface area contributed by atoms with Gasteiger partial charge < -0.3 is 4.74 Å². The first kappa shape index (κ1) is 21.4. The van der Waals surface area contributed by atoms with Crippen LogP contribution in [-0.2, 0) is 11.2 Å². The SMILES string of the molecule is N#C[C@H](C(=O)COc1ccccc1Cc1ccccc1)c1nc(-c2ccc(F)cc2)cs1. The van der Waals surface area contributed by atoms with Crippen molar-refractivity contribution in [1.82, 2.24) is 4.98 Å². The van der Waals surface area contributed by atoms with Crippen molar-refractivity contribution in [2.45, 2.75) is 12.3 Å². The molecule has 0 bridgehead atoms. The number of Topliss-reactive ketones (excluding diaryl/α,β-unsaturated/α-hetero) is 1. The largest absolute Gasteiger partial charge is 0.485 e. The number of nitrogens with zero attached hydrogens (tertiary/aromatic N) is 2. The van der Waals surface area contributed by atoms with Gasteiger partial charge >= 0.3 is 0 Å². The first-order chi connectivity index (χ1) is 15.6. The fourth-order valence-electron chi connectivity index (χ4n) is 3.28. The van der Waals surface area contributed by atoms with E-state index in [2.05, 4.69) is 4.98 Å². The van der Waals surface area contributed by atoms with Gasteiger partial charge in [-0.3, -0.25) is 4.79 Å². The van der Waals surface area contributed by atoms with Gasteiger partial charge in [0.15, 0.2) is 11.7 Å². The highest BCUT2D eigenvalue weighted by molar-refractivity contribution is 7.10. The first-order valence-electron chi connectivity index (χ1n) is 10.0. The lowest BCUT2D eigenvalue weighted by atomic mass is 10.0. The number of ether oxygens (including phenoxy) is 1. The Morgan fingerprint density at radius 3 is 2.50 bits per heavy atom. The van der Waals surface area contributed by atoms with Gasteiger partial charge in [0, 0.05) is 17.4 Å². The third kappa shape index (κ3) is 5.08. The maximum absolute atomic E-state index is 13.2. The Morgan fingerprint density at radius 2 is 1.75 bits per heavy atom. The van der Waals surface area contributed by atoms with Crippen LogP contribution in [-0.4, -0.2) is 17.4 Å². The number of carbonyl (C=O) groups excluding carboxylic acids is 1. The van der Waals surface area contributed by atoms with Crippen molar-refractivity contribution in [3.63, 3.8) is 0 Å². The molecule has 0 aliphatic carbocycles. The van der Waals surface area contributed by atoms with Crippen molar-refractivity contribution < 1.29 is 13.9 Å². The second-order valence-electron chi connectivity index (χ2n) is 7.17. The molecule has 0 saturated carbocycles. The standard InChI is InChI=1S/C26H19FN2O2S/c27-21-12-10-19(11-13-21)23-17-32-26(29-23)22(15-28)24(30)16-31-25-9-5-4-8-20(25)14-18-6-2-1-3-7-18/h1-13,17,22H,14,16H2/t22-/m1/s1. The quantitative estimate of drug-likeness (QED) is 0.346. The summed E-state index contributed by atoms with van der Waals surface area (Å²) in [4.78, 5) is 17.2. The van der Waals surface area contributed by atoms with Crippen LogP contribution in [0, 0.1) is 17.1 Å². The molecule has 4 nitrogen and oxygen atoms in total. The summed E-state index contributed by atoms with van der Waals surface area (Å²) in [7, 11) is 0. The van der Waals surface area contributed by atoms with Crippen molar-refractivity contribution in [2.24, 2.45) is 0 Å². The van der Waals surface area contributed by atoms with E-state index in [1.165, 1.54) is 23.5 Å². The minimum Gasteiger partial charge on any atom is -0.485 e. The zero-order chi connectivity index (χ0) is 22.3. The monoisotopic (exact) mass is 442 g/mol. The predicted octanol–water partition coefficient (Wildman–Crippen LogP) is 5.80. The number of hydrogen-bond acceptors (Lipinski definition) is 5. The van der Waals surface area contributed by atoms with Crippen molar-refractivity contribution in [2.75, 3.05) is 6.61 Å². The normalized spacial score (nSPS) is 11.5. The summed E-state index contributed by atoms with van der Waals surface area (Å²) in [6.45, 7) is -0.227. The number of hydrogen-bond donors (Lipinski definition) is 0. The molecule has 0 spiro atoms. The van der Waals surface area contributed by atoms with E-state index in [0.717, 1.165) is 16.7 Å². The number of benzene rings is 3. The van der Waals surface area contributed by atoms with Gasteiger partial charge in [0.1, 0.15) is 23.2 Å². The van der Waals surface area contributed by atoms with E-state index in [-0.39, 0.29) is 18.2 Å². The Labute approximate surface area is 189 Å². The predicted molar refractivity (Wildman–Crippen MR) is 122 cm³/mol. The lowest BCUT2D eigenvalue weighted by molar-refractivity contribution is -0.121. The lowest BCUT2D eigenvalue weighted by Crippen LogP contribution is -2.19. The Hall–Kier alpha value is -3.82. The van der Waals surface area contributed by atoms with Crippen LogP contribution in [0.2, 0.25) is 0 Å². The van der Waals surface area contributed by atoms with Gasteiger partial charge in [-0.05, 0) is 41.5 Å². The highest BCUT2D eigenvalue weighted by Crippen LogP contribution is 2.28.